The van der Waals surface area contributed by atoms with Crippen molar-refractivity contribution in [2.45, 2.75) is 155 Å². The van der Waals surface area contributed by atoms with Gasteiger partial charge in [-0.2, -0.15) is 0 Å². The van der Waals surface area contributed by atoms with Gasteiger partial charge in [-0.05, 0) is 19.3 Å². The summed E-state index contributed by atoms with van der Waals surface area (Å²) in [5, 5.41) is 7.57. The molecule has 0 spiro atoms. The molecule has 1 fully saturated rings. The maximum atomic E-state index is 3.96. The molecule has 1 heterocycles. The van der Waals surface area contributed by atoms with Crippen molar-refractivity contribution >= 4 is 0 Å². The van der Waals surface area contributed by atoms with Gasteiger partial charge in [0.05, 0.1) is 12.3 Å². The maximum Gasteiger partial charge on any atom is 0.0732 e. The van der Waals surface area contributed by atoms with Gasteiger partial charge in [0.1, 0.15) is 0 Å². The summed E-state index contributed by atoms with van der Waals surface area (Å²) in [7, 11) is 0. The Morgan fingerprint density at radius 3 is 1.50 bits per heavy atom. The van der Waals surface area contributed by atoms with Crippen LogP contribution in [-0.2, 0) is 0 Å². The van der Waals surface area contributed by atoms with Crippen LogP contribution in [0.3, 0.4) is 0 Å². The molecule has 3 heteroatoms. The third-order valence-electron chi connectivity index (χ3n) is 7.12. The first-order chi connectivity index (χ1) is 14.8. The molecule has 1 aliphatic rings. The molecule has 0 aromatic heterocycles. The largest absolute Gasteiger partial charge is 0.292 e. The van der Waals surface area contributed by atoms with Gasteiger partial charge in [-0.1, -0.05) is 130 Å². The van der Waals surface area contributed by atoms with Crippen molar-refractivity contribution < 1.29 is 0 Å². The molecule has 2 N–H and O–H groups in total. The van der Waals surface area contributed by atoms with Crippen molar-refractivity contribution in [3.63, 3.8) is 0 Å². The standard InChI is InChI=1S/C27H57N3/c1-4-7-10-13-16-19-22-27(23-20-17-14-11-8-5-2)29-25-28-26-30(27)24-21-18-15-12-9-6-3/h28-29H,4-26H2,1-3H3. The van der Waals surface area contributed by atoms with Crippen molar-refractivity contribution in [2.75, 3.05) is 19.9 Å². The molecule has 30 heavy (non-hydrogen) atoms. The molecule has 1 aliphatic heterocycles. The minimum atomic E-state index is 0.254. The topological polar surface area (TPSA) is 27.3 Å². The van der Waals surface area contributed by atoms with Crippen LogP contribution in [0.15, 0.2) is 0 Å². The minimum absolute atomic E-state index is 0.254. The predicted octanol–water partition coefficient (Wildman–Crippen LogP) is 7.95. The molecular weight excluding hydrogens is 366 g/mol. The molecule has 0 radical (unpaired) electrons. The lowest BCUT2D eigenvalue weighted by molar-refractivity contribution is -0.00637. The first kappa shape index (κ1) is 27.9. The van der Waals surface area contributed by atoms with Gasteiger partial charge in [-0.25, -0.2) is 0 Å². The smallest absolute Gasteiger partial charge is 0.0732 e. The molecule has 0 bridgehead atoms. The summed E-state index contributed by atoms with van der Waals surface area (Å²) >= 11 is 0. The van der Waals surface area contributed by atoms with Gasteiger partial charge >= 0.3 is 0 Å². The summed E-state index contributed by atoms with van der Waals surface area (Å²) < 4.78 is 0. The van der Waals surface area contributed by atoms with Crippen LogP contribution >= 0.6 is 0 Å². The lowest BCUT2D eigenvalue weighted by Gasteiger charge is -2.49. The second-order valence-corrected chi connectivity index (χ2v) is 9.86. The molecule has 0 atom stereocenters. The van der Waals surface area contributed by atoms with E-state index in [0.29, 0.717) is 0 Å². The SMILES string of the molecule is CCCCCCCCN1CNCNC1(CCCCCCCC)CCCCCCCC. The molecular formula is C27H57N3. The highest BCUT2D eigenvalue weighted by Gasteiger charge is 2.36. The summed E-state index contributed by atoms with van der Waals surface area (Å²) in [6.45, 7) is 10.3. The van der Waals surface area contributed by atoms with Crippen LogP contribution in [0.5, 0.6) is 0 Å². The normalized spacial score (nSPS) is 16.9. The summed E-state index contributed by atoms with van der Waals surface area (Å²) in [4.78, 5) is 2.79. The summed E-state index contributed by atoms with van der Waals surface area (Å²) in [6, 6.07) is 0. The minimum Gasteiger partial charge on any atom is -0.292 e. The molecule has 1 rings (SSSR count). The van der Waals surface area contributed by atoms with Crippen LogP contribution in [0.2, 0.25) is 0 Å². The highest BCUT2D eigenvalue weighted by atomic mass is 15.4. The Kier molecular flexibility index (Phi) is 18.2. The number of nitrogens with one attached hydrogen (secondary N) is 2. The van der Waals surface area contributed by atoms with Crippen molar-refractivity contribution in [3.8, 4) is 0 Å². The van der Waals surface area contributed by atoms with E-state index in [1.165, 1.54) is 135 Å². The number of hydrogen-bond donors (Lipinski definition) is 2. The fourth-order valence-electron chi connectivity index (χ4n) is 5.07. The Morgan fingerprint density at radius 1 is 0.567 bits per heavy atom. The maximum absolute atomic E-state index is 3.96. The summed E-state index contributed by atoms with van der Waals surface area (Å²) in [5.74, 6) is 0. The van der Waals surface area contributed by atoms with Crippen LogP contribution in [0.25, 0.3) is 0 Å². The van der Waals surface area contributed by atoms with Crippen molar-refractivity contribution in [1.82, 2.24) is 15.5 Å². The number of nitrogens with zero attached hydrogens (tertiary/aromatic N) is 1. The fourth-order valence-corrected chi connectivity index (χ4v) is 5.07. The lowest BCUT2D eigenvalue weighted by atomic mass is 9.91. The van der Waals surface area contributed by atoms with Crippen LogP contribution in [0.1, 0.15) is 149 Å². The molecule has 3 nitrogen and oxygen atoms in total. The van der Waals surface area contributed by atoms with E-state index >= 15 is 0 Å². The van der Waals surface area contributed by atoms with Crippen LogP contribution < -0.4 is 10.6 Å². The zero-order valence-corrected chi connectivity index (χ0v) is 21.2. The van der Waals surface area contributed by atoms with Crippen molar-refractivity contribution in [2.24, 2.45) is 0 Å². The Morgan fingerprint density at radius 2 is 1.00 bits per heavy atom. The molecule has 1 saturated heterocycles. The molecule has 0 amide bonds. The van der Waals surface area contributed by atoms with Gasteiger partial charge in [0.25, 0.3) is 0 Å². The fraction of sp³-hybridized carbons (Fsp3) is 1.00. The zero-order chi connectivity index (χ0) is 21.8. The number of unbranched alkanes of at least 4 members (excludes halogenated alkanes) is 15. The van der Waals surface area contributed by atoms with Crippen LogP contribution in [0.4, 0.5) is 0 Å². The summed E-state index contributed by atoms with van der Waals surface area (Å²) in [5.41, 5.74) is 0.254. The highest BCUT2D eigenvalue weighted by molar-refractivity contribution is 4.90. The van der Waals surface area contributed by atoms with Gasteiger partial charge in [0, 0.05) is 13.2 Å². The van der Waals surface area contributed by atoms with E-state index in [4.69, 9.17) is 0 Å². The lowest BCUT2D eigenvalue weighted by Crippen LogP contribution is -2.67. The molecule has 0 unspecified atom stereocenters. The molecule has 0 aromatic carbocycles. The average molecular weight is 424 g/mol. The van der Waals surface area contributed by atoms with E-state index in [1.54, 1.807) is 0 Å². The monoisotopic (exact) mass is 423 g/mol. The molecule has 0 aliphatic carbocycles. The molecule has 180 valence electrons. The predicted molar refractivity (Wildman–Crippen MR) is 135 cm³/mol. The molecule has 0 saturated carbocycles. The number of rotatable bonds is 21. The van der Waals surface area contributed by atoms with Gasteiger partial charge in [-0.15, -0.1) is 0 Å². The number of hydrogen-bond acceptors (Lipinski definition) is 3. The Hall–Kier alpha value is -0.120. The third-order valence-corrected chi connectivity index (χ3v) is 7.12. The van der Waals surface area contributed by atoms with E-state index in [9.17, 15) is 0 Å². The Bertz CT molecular complexity index is 342. The van der Waals surface area contributed by atoms with Crippen molar-refractivity contribution in [3.05, 3.63) is 0 Å². The van der Waals surface area contributed by atoms with E-state index in [-0.39, 0.29) is 5.66 Å². The molecule has 0 aromatic rings. The first-order valence-electron chi connectivity index (χ1n) is 14.0. The van der Waals surface area contributed by atoms with Crippen molar-refractivity contribution in [1.29, 1.82) is 0 Å². The average Bonchev–Trinajstić information content (AvgIpc) is 2.76. The third kappa shape index (κ3) is 12.7. The summed E-state index contributed by atoms with van der Waals surface area (Å²) in [6.07, 6.45) is 27.9. The highest BCUT2D eigenvalue weighted by Crippen LogP contribution is 2.29. The first-order valence-corrected chi connectivity index (χ1v) is 14.0. The van der Waals surface area contributed by atoms with Crippen LogP contribution in [0, 0.1) is 0 Å². The van der Waals surface area contributed by atoms with E-state index < -0.39 is 0 Å². The Labute approximate surface area is 190 Å². The van der Waals surface area contributed by atoms with Gasteiger partial charge in [-0.3, -0.25) is 15.5 Å². The van der Waals surface area contributed by atoms with E-state index in [2.05, 4.69) is 36.3 Å². The zero-order valence-electron chi connectivity index (χ0n) is 21.2. The quantitative estimate of drug-likeness (QED) is 0.183. The van der Waals surface area contributed by atoms with Crippen LogP contribution in [-0.4, -0.2) is 30.4 Å². The van der Waals surface area contributed by atoms with E-state index in [1.807, 2.05) is 0 Å². The second-order valence-electron chi connectivity index (χ2n) is 9.86. The Balaban J connectivity index is 2.50. The van der Waals surface area contributed by atoms with E-state index in [0.717, 1.165) is 13.3 Å². The van der Waals surface area contributed by atoms with Gasteiger partial charge in [0.2, 0.25) is 0 Å². The van der Waals surface area contributed by atoms with Gasteiger partial charge < -0.3 is 0 Å². The van der Waals surface area contributed by atoms with Gasteiger partial charge in [0.15, 0.2) is 0 Å². The second kappa shape index (κ2) is 19.6.